The number of imide groups is 1. The van der Waals surface area contributed by atoms with Gasteiger partial charge in [0.25, 0.3) is 11.8 Å². The number of carbonyl (C=O) groups is 4. The molecular formula is C34H33ClFN9O4S. The molecule has 2 aromatic heterocycles. The predicted molar refractivity (Wildman–Crippen MR) is 186 cm³/mol. The molecule has 2 aromatic carbocycles. The van der Waals surface area contributed by atoms with E-state index in [1.807, 2.05) is 25.1 Å². The number of amides is 4. The number of hydrogen-bond donors (Lipinski definition) is 3. The van der Waals surface area contributed by atoms with E-state index in [4.69, 9.17) is 11.6 Å². The van der Waals surface area contributed by atoms with E-state index in [0.29, 0.717) is 76.2 Å². The summed E-state index contributed by atoms with van der Waals surface area (Å²) in [6.45, 7) is 6.84. The van der Waals surface area contributed by atoms with Gasteiger partial charge in [-0.15, -0.1) is 0 Å². The van der Waals surface area contributed by atoms with Gasteiger partial charge in [-0.25, -0.2) is 19.3 Å². The normalized spacial score (nSPS) is 17.9. The largest absolute Gasteiger partial charge is 0.354 e. The second-order valence-electron chi connectivity index (χ2n) is 12.5. The molecule has 4 amide bonds. The van der Waals surface area contributed by atoms with E-state index >= 15 is 4.39 Å². The quantitative estimate of drug-likeness (QED) is 0.223. The lowest BCUT2D eigenvalue weighted by atomic mass is 10.0. The van der Waals surface area contributed by atoms with Crippen LogP contribution in [-0.2, 0) is 22.7 Å². The Morgan fingerprint density at radius 3 is 2.66 bits per heavy atom. The Morgan fingerprint density at radius 2 is 1.90 bits per heavy atom. The minimum atomic E-state index is -0.747. The molecule has 1 unspecified atom stereocenters. The van der Waals surface area contributed by atoms with E-state index in [1.54, 1.807) is 19.1 Å². The number of aromatic nitrogens is 3. The van der Waals surface area contributed by atoms with E-state index in [1.165, 1.54) is 28.5 Å². The number of carbonyl (C=O) groups excluding carboxylic acids is 4. The van der Waals surface area contributed by atoms with Gasteiger partial charge >= 0.3 is 0 Å². The average molecular weight is 718 g/mol. The Balaban J connectivity index is 0.961. The molecule has 7 rings (SSSR count). The van der Waals surface area contributed by atoms with Crippen molar-refractivity contribution < 1.29 is 23.6 Å². The first-order chi connectivity index (χ1) is 24.0. The van der Waals surface area contributed by atoms with Crippen molar-refractivity contribution in [2.24, 2.45) is 0 Å². The molecule has 0 aliphatic carbocycles. The van der Waals surface area contributed by atoms with E-state index in [9.17, 15) is 19.2 Å². The van der Waals surface area contributed by atoms with Crippen molar-refractivity contribution in [2.45, 2.75) is 45.8 Å². The molecule has 3 aliphatic rings. The first-order valence-electron chi connectivity index (χ1n) is 16.1. The third kappa shape index (κ3) is 6.88. The minimum Gasteiger partial charge on any atom is -0.354 e. The maximum Gasteiger partial charge on any atom is 0.267 e. The van der Waals surface area contributed by atoms with E-state index in [2.05, 4.69) is 40.7 Å². The molecule has 5 heterocycles. The van der Waals surface area contributed by atoms with Crippen molar-refractivity contribution in [3.05, 3.63) is 86.4 Å². The van der Waals surface area contributed by atoms with Gasteiger partial charge in [-0.05, 0) is 49.6 Å². The summed E-state index contributed by atoms with van der Waals surface area (Å²) in [5.41, 5.74) is 2.83. The van der Waals surface area contributed by atoms with Crippen molar-refractivity contribution in [2.75, 3.05) is 41.7 Å². The van der Waals surface area contributed by atoms with Crippen LogP contribution in [0.1, 0.15) is 55.4 Å². The van der Waals surface area contributed by atoms with Gasteiger partial charge < -0.3 is 20.4 Å². The smallest absolute Gasteiger partial charge is 0.267 e. The number of aryl methyl sites for hydroxylation is 2. The molecule has 2 fully saturated rings. The molecule has 4 aromatic rings. The summed E-state index contributed by atoms with van der Waals surface area (Å²) in [7, 11) is 0. The molecule has 258 valence electrons. The van der Waals surface area contributed by atoms with Gasteiger partial charge in [0.15, 0.2) is 5.13 Å². The molecule has 1 atom stereocenters. The van der Waals surface area contributed by atoms with Crippen LogP contribution in [0, 0.1) is 19.7 Å². The zero-order valence-electron chi connectivity index (χ0n) is 27.3. The highest BCUT2D eigenvalue weighted by Gasteiger charge is 2.39. The Labute approximate surface area is 295 Å². The summed E-state index contributed by atoms with van der Waals surface area (Å²) >= 11 is 7.46. The molecule has 3 aliphatic heterocycles. The predicted octanol–water partition coefficient (Wildman–Crippen LogP) is 4.42. The van der Waals surface area contributed by atoms with Crippen LogP contribution < -0.4 is 20.9 Å². The van der Waals surface area contributed by atoms with Gasteiger partial charge in [-0.1, -0.05) is 35.1 Å². The number of benzene rings is 2. The van der Waals surface area contributed by atoms with Gasteiger partial charge in [0, 0.05) is 62.9 Å². The van der Waals surface area contributed by atoms with Gasteiger partial charge in [0.05, 0.1) is 16.9 Å². The number of piperidine rings is 1. The zero-order chi connectivity index (χ0) is 35.1. The third-order valence-corrected chi connectivity index (χ3v) is 10.3. The second kappa shape index (κ2) is 13.7. The molecule has 2 saturated heterocycles. The fourth-order valence-corrected chi connectivity index (χ4v) is 7.41. The topological polar surface area (TPSA) is 153 Å². The van der Waals surface area contributed by atoms with E-state index in [0.717, 1.165) is 11.4 Å². The zero-order valence-corrected chi connectivity index (χ0v) is 28.8. The highest BCUT2D eigenvalue weighted by Crippen LogP contribution is 2.31. The van der Waals surface area contributed by atoms with Gasteiger partial charge in [-0.2, -0.15) is 0 Å². The van der Waals surface area contributed by atoms with Gasteiger partial charge in [0.1, 0.15) is 34.2 Å². The Hall–Kier alpha value is -4.99. The summed E-state index contributed by atoms with van der Waals surface area (Å²) in [4.78, 5) is 69.5. The van der Waals surface area contributed by atoms with Gasteiger partial charge in [0.2, 0.25) is 11.8 Å². The SMILES string of the molecule is Cc1nc(Nc2ncc(C(=O)Nc3c(C)cccc3Cl)s2)cc(N2CCN(Cc3cc4c(cc3F)C(=O)N(C3CCC(=O)NC3=O)C4)CC2)n1. The molecule has 0 bridgehead atoms. The number of anilines is 4. The van der Waals surface area contributed by atoms with Crippen LogP contribution in [-0.4, -0.2) is 80.6 Å². The third-order valence-electron chi connectivity index (χ3n) is 9.03. The molecule has 0 saturated carbocycles. The van der Waals surface area contributed by atoms with Crippen molar-refractivity contribution in [1.29, 1.82) is 0 Å². The number of thiazole rings is 1. The standard InChI is InChI=1S/C34H33ClFN9O4S/c1-18-4-3-5-23(35)30(18)42-32(48)26-15-37-34(50-26)40-27-14-28(39-19(2)38-27)44-10-8-43(9-11-44)16-21-12-20-17-45(33(49)22(20)13-24(21)36)25-6-7-29(46)41-31(25)47/h3-5,12-15,25H,6-11,16-17H2,1-2H3,(H,42,48)(H,41,46,47)(H,37,38,39,40). The summed E-state index contributed by atoms with van der Waals surface area (Å²) in [5.74, 6) is -0.179. The number of nitrogens with zero attached hydrogens (tertiary/aromatic N) is 6. The van der Waals surface area contributed by atoms with Crippen LogP contribution in [0.4, 0.5) is 26.8 Å². The van der Waals surface area contributed by atoms with Crippen LogP contribution in [0.2, 0.25) is 5.02 Å². The number of rotatable bonds is 8. The molecular weight excluding hydrogens is 685 g/mol. The van der Waals surface area contributed by atoms with Crippen LogP contribution in [0.15, 0.2) is 42.6 Å². The van der Waals surface area contributed by atoms with Crippen LogP contribution in [0.25, 0.3) is 0 Å². The fourth-order valence-electron chi connectivity index (χ4n) is 6.43. The highest BCUT2D eigenvalue weighted by atomic mass is 35.5. The molecule has 3 N–H and O–H groups in total. The molecule has 0 radical (unpaired) electrons. The van der Waals surface area contributed by atoms with Crippen molar-refractivity contribution in [3.63, 3.8) is 0 Å². The summed E-state index contributed by atoms with van der Waals surface area (Å²) in [6, 6.07) is 9.49. The maximum atomic E-state index is 15.3. The number of halogens is 2. The fraction of sp³-hybridized carbons (Fsp3) is 0.324. The van der Waals surface area contributed by atoms with Crippen LogP contribution in [0.3, 0.4) is 0 Å². The Bertz CT molecular complexity index is 2010. The lowest BCUT2D eigenvalue weighted by molar-refractivity contribution is -0.136. The second-order valence-corrected chi connectivity index (χ2v) is 13.9. The number of fused-ring (bicyclic) bond motifs is 1. The van der Waals surface area contributed by atoms with Crippen LogP contribution in [0.5, 0.6) is 0 Å². The molecule has 0 spiro atoms. The van der Waals surface area contributed by atoms with Crippen LogP contribution >= 0.6 is 22.9 Å². The summed E-state index contributed by atoms with van der Waals surface area (Å²) in [5, 5.41) is 9.30. The molecule has 16 heteroatoms. The minimum absolute atomic E-state index is 0.160. The summed E-state index contributed by atoms with van der Waals surface area (Å²) < 4.78 is 15.3. The van der Waals surface area contributed by atoms with Crippen molar-refractivity contribution in [1.82, 2.24) is 30.1 Å². The van der Waals surface area contributed by atoms with Crippen molar-refractivity contribution in [3.8, 4) is 0 Å². The summed E-state index contributed by atoms with van der Waals surface area (Å²) in [6.07, 6.45) is 1.91. The average Bonchev–Trinajstić information content (AvgIpc) is 3.67. The van der Waals surface area contributed by atoms with E-state index < -0.39 is 23.7 Å². The number of piperazine rings is 1. The molecule has 13 nitrogen and oxygen atoms in total. The van der Waals surface area contributed by atoms with Gasteiger partial charge in [-0.3, -0.25) is 29.4 Å². The van der Waals surface area contributed by atoms with E-state index in [-0.39, 0.29) is 36.8 Å². The maximum absolute atomic E-state index is 15.3. The van der Waals surface area contributed by atoms with Crippen molar-refractivity contribution >= 4 is 69.0 Å². The monoisotopic (exact) mass is 717 g/mol. The first kappa shape index (κ1) is 33.5. The Morgan fingerprint density at radius 1 is 1.10 bits per heavy atom. The number of hydrogen-bond acceptors (Lipinski definition) is 11. The molecule has 50 heavy (non-hydrogen) atoms. The number of nitrogens with one attached hydrogen (secondary N) is 3. The lowest BCUT2D eigenvalue weighted by Crippen LogP contribution is -2.52. The lowest BCUT2D eigenvalue weighted by Gasteiger charge is -2.35. The highest BCUT2D eigenvalue weighted by molar-refractivity contribution is 7.17. The Kier molecular flexibility index (Phi) is 9.20. The first-order valence-corrected chi connectivity index (χ1v) is 17.3. The number of para-hydroxylation sites is 1.